The van der Waals surface area contributed by atoms with Crippen molar-refractivity contribution in [2.24, 2.45) is 56.2 Å². The molecule has 0 unspecified atom stereocenters. The van der Waals surface area contributed by atoms with Crippen molar-refractivity contribution in [1.29, 1.82) is 0 Å². The molecule has 15 N–H and O–H groups in total. The summed E-state index contributed by atoms with van der Waals surface area (Å²) in [6.07, 6.45) is 18.6. The zero-order valence-corrected chi connectivity index (χ0v) is 74.1. The average Bonchev–Trinajstić information content (AvgIpc) is 1.67. The Kier molecular flexibility index (Phi) is 35.1. The van der Waals surface area contributed by atoms with E-state index in [0.717, 1.165) is 74.1 Å². The van der Waals surface area contributed by atoms with Crippen LogP contribution in [0.4, 0.5) is 5.69 Å². The Morgan fingerprint density at radius 3 is 1.66 bits per heavy atom. The van der Waals surface area contributed by atoms with Crippen molar-refractivity contribution in [3.8, 4) is 22.8 Å². The van der Waals surface area contributed by atoms with Crippen molar-refractivity contribution in [1.82, 2.24) is 166 Å². The van der Waals surface area contributed by atoms with Crippen LogP contribution in [0.1, 0.15) is 107 Å². The molecular formula is C72H120N45O10+7. The van der Waals surface area contributed by atoms with Crippen molar-refractivity contribution in [3.05, 3.63) is 108 Å². The first-order valence-electron chi connectivity index (χ1n) is 40.8. The molecule has 4 fully saturated rings. The lowest BCUT2D eigenvalue weighted by Gasteiger charge is -2.39. The monoisotopic (exact) mass is 1780 g/mol. The van der Waals surface area contributed by atoms with Crippen LogP contribution in [0.25, 0.3) is 22.8 Å². The minimum atomic E-state index is -0.822. The number of aryl methyl sites for hydroxylation is 3. The van der Waals surface area contributed by atoms with Gasteiger partial charge >= 0.3 is 17.8 Å². The lowest BCUT2D eigenvalue weighted by Crippen LogP contribution is -2.50. The van der Waals surface area contributed by atoms with Crippen LogP contribution >= 0.6 is 0 Å². The zero-order valence-electron chi connectivity index (χ0n) is 74.1. The molecule has 5 aliphatic rings. The molecule has 5 aliphatic heterocycles. The van der Waals surface area contributed by atoms with Crippen LogP contribution in [-0.4, -0.2) is 353 Å². The Labute approximate surface area is 730 Å². The van der Waals surface area contributed by atoms with Crippen LogP contribution in [0.2, 0.25) is 0 Å². The fourth-order valence-corrected chi connectivity index (χ4v) is 13.6. The smallest absolute Gasteiger partial charge is 0.328 e. The fourth-order valence-electron chi connectivity index (χ4n) is 13.6. The van der Waals surface area contributed by atoms with Crippen LogP contribution in [0, 0.1) is 0 Å². The maximum absolute atomic E-state index is 11.7. The Morgan fingerprint density at radius 1 is 0.598 bits per heavy atom. The SMILES string of the molecule is CN1CC[N+](C)=C1n1cc(CC(=O)CN)nn1.C[N+](C)(C)Cn1cc(C(=O)NN)nn1.C[N+](C)(C)c1ccc(-c2nnn(CC(=O)NN)n2)cc1.C[N+]1(C)CCC(c2nnn(CCON)n2)CC1.C[n+]1ccc(-c2nnn(CC(=O)ON3C(=O)CCC3=O)n2)cc1.Cn1c[n+](C)cc1Cn1nnc(C(=O)NN)n1.NOCCn1nnc(C2CC[N+]3(CCCC3)CC2)n1. The van der Waals surface area contributed by atoms with E-state index in [1.54, 1.807) is 43.5 Å². The molecule has 55 nitrogen and oxygen atoms in total. The van der Waals surface area contributed by atoms with E-state index in [9.17, 15) is 33.6 Å². The highest BCUT2D eigenvalue weighted by Gasteiger charge is 2.39. The Bertz CT molecular complexity index is 5220. The molecule has 1 spiro atoms. The van der Waals surface area contributed by atoms with E-state index < -0.39 is 29.6 Å². The second-order valence-corrected chi connectivity index (χ2v) is 33.2. The summed E-state index contributed by atoms with van der Waals surface area (Å²) in [4.78, 5) is 102. The molecule has 0 saturated carbocycles. The molecular weight excluding hydrogens is 1660 g/mol. The van der Waals surface area contributed by atoms with Crippen molar-refractivity contribution < 1.29 is 75.2 Å². The second-order valence-electron chi connectivity index (χ2n) is 33.2. The first-order chi connectivity index (χ1) is 60.5. The van der Waals surface area contributed by atoms with Crippen LogP contribution in [0.15, 0.2) is 73.7 Å². The molecule has 127 heavy (non-hydrogen) atoms. The van der Waals surface area contributed by atoms with Gasteiger partial charge in [-0.2, -0.15) is 24.0 Å². The molecule has 10 aromatic rings. The minimum Gasteiger partial charge on any atom is -0.328 e. The summed E-state index contributed by atoms with van der Waals surface area (Å²) in [7, 11) is 26.6. The summed E-state index contributed by atoms with van der Waals surface area (Å²) in [5.41, 5.74) is 15.9. The molecule has 14 heterocycles. The van der Waals surface area contributed by atoms with E-state index >= 15 is 0 Å². The number of likely N-dealkylation sites (N-methyl/N-ethyl adjacent to an activating group) is 2. The summed E-state index contributed by atoms with van der Waals surface area (Å²) >= 11 is 0. The van der Waals surface area contributed by atoms with Crippen molar-refractivity contribution in [2.75, 3.05) is 143 Å². The number of nitrogens with zero attached hydrogens (tertiary/aromatic N) is 36. The first kappa shape index (κ1) is 97.7. The van der Waals surface area contributed by atoms with E-state index in [1.807, 2.05) is 136 Å². The van der Waals surface area contributed by atoms with Crippen LogP contribution in [0.5, 0.6) is 0 Å². The molecule has 15 rings (SSSR count). The lowest BCUT2D eigenvalue weighted by atomic mass is 9.94. The highest BCUT2D eigenvalue weighted by atomic mass is 16.7. The number of imide groups is 1. The highest BCUT2D eigenvalue weighted by molar-refractivity contribution is 6.01. The predicted octanol–water partition coefficient (Wildman–Crippen LogP) is -7.96. The zero-order chi connectivity index (χ0) is 92.2. The number of tetrazole rings is 5. The van der Waals surface area contributed by atoms with E-state index in [1.165, 1.54) is 84.7 Å². The van der Waals surface area contributed by atoms with Gasteiger partial charge in [0.1, 0.15) is 43.9 Å². The third-order valence-electron chi connectivity index (χ3n) is 20.6. The Hall–Kier alpha value is -13.1. The number of amides is 5. The number of hydrazine groups is 3. The normalized spacial score (nSPS) is 15.9. The summed E-state index contributed by atoms with van der Waals surface area (Å²) in [6.45, 7) is 12.2. The topological polar surface area (TPSA) is 641 Å². The molecule has 0 bridgehead atoms. The van der Waals surface area contributed by atoms with Gasteiger partial charge in [-0.15, -0.1) is 66.2 Å². The van der Waals surface area contributed by atoms with Crippen LogP contribution in [-0.2, 0) is 105 Å². The molecule has 0 atom stereocenters. The summed E-state index contributed by atoms with van der Waals surface area (Å²) in [5.74, 6) is 26.1. The predicted molar refractivity (Wildman–Crippen MR) is 444 cm³/mol. The molecule has 0 aliphatic carbocycles. The largest absolute Gasteiger partial charge is 0.380 e. The third-order valence-corrected chi connectivity index (χ3v) is 20.6. The van der Waals surface area contributed by atoms with Crippen molar-refractivity contribution in [3.63, 3.8) is 0 Å². The van der Waals surface area contributed by atoms with Gasteiger partial charge < -0.3 is 33.7 Å². The van der Waals surface area contributed by atoms with Gasteiger partial charge in [0.25, 0.3) is 29.5 Å². The number of carbonyl (C=O) groups is 7. The maximum atomic E-state index is 11.7. The standard InChI is InChI=1S/C13H13N6O4.C12H17N7O.C12H23N6O.C10H21N6O.C10H17N6O.C8H12N8O.C7H14N6O/c1-17-6-4-9(5-7-17)13-14-16-18(15-13)8-12(22)23-19-10(20)2-3-11(19)21;1-19(2,3)10-6-4-9(5-7-10)12-15-17-18(16-12)8-11(20)14-13;13-19-10-5-17-15-12(14-16-17)11-3-8-18(9-4-11)6-1-2-7-18;1-16(2)6-3-9(4-7-16)10-12-14-15(13-10)5-8-17-11;1-14-3-4-15(2)10(14)16-7-8(12-13-16)5-9(17)6-11;1-14-3-6(15(2)5-14)4-16-12-7(11-13-16)8(17)10-9;1-13(2,3)5-12-4-6(10-11-12)7(14)9-8/h4-7H,2-3,8H2,1H3;4-7H,8H2,1-3H3,(H2-,13,14,15,16,17,20);11H,1-10,13H2;9H,3-8,11H2,1-2H3;7H,3-6,11H2,1-2H3;3,5H,4H2,1-2H3,(H2-,9,10,11,12,13,17);4H,5H2,1-3H3,(H2-,8,9,10,11,14)/q+1;;3*+1;;/p+3. The molecule has 0 radical (unpaired) electrons. The summed E-state index contributed by atoms with van der Waals surface area (Å²) < 4.78 is 15.0. The van der Waals surface area contributed by atoms with Gasteiger partial charge in [0.15, 0.2) is 54.4 Å². The van der Waals surface area contributed by atoms with Gasteiger partial charge in [-0.1, -0.05) is 9.90 Å². The number of nitrogen functional groups attached to an aromatic ring is 2. The highest BCUT2D eigenvalue weighted by Crippen LogP contribution is 2.33. The van der Waals surface area contributed by atoms with Crippen molar-refractivity contribution >= 4 is 52.9 Å². The number of likely N-dealkylation sites (tertiary alicyclic amines) is 1. The number of hydrogen-bond acceptors (Lipinski definition) is 36. The number of ketones is 1. The lowest BCUT2D eigenvalue weighted by molar-refractivity contribution is -0.921. The molecule has 4 saturated heterocycles. The second kappa shape index (κ2) is 45.7. The first-order valence-corrected chi connectivity index (χ1v) is 40.8. The van der Waals surface area contributed by atoms with E-state index in [0.29, 0.717) is 78.2 Å². The number of hydroxylamine groups is 2. The van der Waals surface area contributed by atoms with Gasteiger partial charge in [0.2, 0.25) is 18.0 Å². The number of imidazole rings is 1. The van der Waals surface area contributed by atoms with Crippen LogP contribution < -0.4 is 65.0 Å². The molecule has 9 aromatic heterocycles. The Balaban J connectivity index is 0.000000168. The van der Waals surface area contributed by atoms with Gasteiger partial charge in [-0.3, -0.25) is 59.0 Å². The third kappa shape index (κ3) is 29.8. The molecule has 1 aromatic carbocycles. The molecule has 686 valence electrons. The van der Waals surface area contributed by atoms with E-state index in [2.05, 4.69) is 152 Å². The Morgan fingerprint density at radius 2 is 1.15 bits per heavy atom. The number of quaternary nitrogens is 4. The maximum Gasteiger partial charge on any atom is 0.380 e. The number of nitrogens with one attached hydrogen (secondary N) is 3. The number of Topliss-reactive ketones (excluding diaryl/α,β-unsaturated/α-hetero) is 1. The van der Waals surface area contributed by atoms with E-state index in [-0.39, 0.29) is 62.1 Å². The van der Waals surface area contributed by atoms with Gasteiger partial charge in [-0.25, -0.2) is 52.5 Å². The number of carbonyl (C=O) groups excluding carboxylic acids is 7. The van der Waals surface area contributed by atoms with Gasteiger partial charge in [0.05, 0.1) is 182 Å². The van der Waals surface area contributed by atoms with Crippen molar-refractivity contribution in [2.45, 2.75) is 109 Å². The van der Waals surface area contributed by atoms with Crippen LogP contribution in [0.3, 0.4) is 0 Å². The number of hydrogen-bond donors (Lipinski definition) is 9. The number of benzene rings is 1. The number of rotatable bonds is 25. The quantitative estimate of drug-likeness (QED) is 0.00641. The summed E-state index contributed by atoms with van der Waals surface area (Å²) in [6, 6.07) is 11.5. The number of piperidine rings is 2. The minimum absolute atomic E-state index is 0.0322. The van der Waals surface area contributed by atoms with Gasteiger partial charge in [0, 0.05) is 91.7 Å². The fraction of sp³-hybridized carbons (Fsp3) is 0.569. The average molecular weight is 1780 g/mol. The van der Waals surface area contributed by atoms with Gasteiger partial charge in [-0.05, 0) is 50.3 Å². The molecule has 5 amide bonds. The summed E-state index contributed by atoms with van der Waals surface area (Å²) in [5, 5.41) is 75.9. The number of nitrogens with two attached hydrogens (primary N) is 6. The van der Waals surface area contributed by atoms with E-state index in [4.69, 9.17) is 39.9 Å². The number of aromatic nitrogens is 29. The number of pyridine rings is 1. The molecule has 55 heteroatoms.